The van der Waals surface area contributed by atoms with E-state index in [-0.39, 0.29) is 5.41 Å². The van der Waals surface area contributed by atoms with Crippen LogP contribution < -0.4 is 5.73 Å². The van der Waals surface area contributed by atoms with Crippen molar-refractivity contribution in [2.24, 2.45) is 16.6 Å². The third-order valence-corrected chi connectivity index (χ3v) is 5.76. The molecule has 0 saturated heterocycles. The quantitative estimate of drug-likeness (QED) is 0.876. The molecule has 1 saturated carbocycles. The Morgan fingerprint density at radius 1 is 1.00 bits per heavy atom. The van der Waals surface area contributed by atoms with Crippen molar-refractivity contribution < 1.29 is 5.11 Å². The van der Waals surface area contributed by atoms with Gasteiger partial charge in [0.25, 0.3) is 0 Å². The van der Waals surface area contributed by atoms with Gasteiger partial charge in [0.05, 0.1) is 6.10 Å². The summed E-state index contributed by atoms with van der Waals surface area (Å²) in [5, 5.41) is 11.1. The van der Waals surface area contributed by atoms with Crippen LogP contribution in [0.25, 0.3) is 0 Å². The largest absolute Gasteiger partial charge is 0.388 e. The van der Waals surface area contributed by atoms with E-state index in [2.05, 4.69) is 46.8 Å². The number of benzene rings is 1. The molecule has 1 aliphatic carbocycles. The van der Waals surface area contributed by atoms with Crippen LogP contribution in [-0.2, 0) is 0 Å². The summed E-state index contributed by atoms with van der Waals surface area (Å²) in [5.74, 6) is 0. The van der Waals surface area contributed by atoms with Crippen LogP contribution in [-0.4, -0.2) is 11.7 Å². The Morgan fingerprint density at radius 3 is 2.05 bits per heavy atom. The van der Waals surface area contributed by atoms with E-state index in [9.17, 15) is 5.11 Å². The fraction of sp³-hybridized carbons (Fsp3) is 0.684. The van der Waals surface area contributed by atoms with Crippen molar-refractivity contribution in [3.8, 4) is 0 Å². The highest BCUT2D eigenvalue weighted by Gasteiger charge is 2.43. The third-order valence-electron chi connectivity index (χ3n) is 5.76. The molecule has 2 nitrogen and oxygen atoms in total. The second kappa shape index (κ2) is 5.73. The Morgan fingerprint density at radius 2 is 1.52 bits per heavy atom. The highest BCUT2D eigenvalue weighted by Crippen LogP contribution is 2.51. The molecule has 0 heterocycles. The zero-order chi connectivity index (χ0) is 15.8. The smallest absolute Gasteiger partial charge is 0.0860 e. The SMILES string of the molecule is Cc1cc(C)c(C(O)C2(CN)CCC(C)(C)CC2)cc1C. The van der Waals surface area contributed by atoms with E-state index in [1.165, 1.54) is 16.7 Å². The third kappa shape index (κ3) is 3.17. The van der Waals surface area contributed by atoms with Crippen LogP contribution in [0.4, 0.5) is 0 Å². The molecule has 1 aliphatic rings. The van der Waals surface area contributed by atoms with Gasteiger partial charge in [-0.1, -0.05) is 26.0 Å². The van der Waals surface area contributed by atoms with Crippen molar-refractivity contribution in [2.75, 3.05) is 6.54 Å². The van der Waals surface area contributed by atoms with E-state index in [4.69, 9.17) is 5.73 Å². The molecule has 2 heteroatoms. The van der Waals surface area contributed by atoms with Crippen LogP contribution in [0.1, 0.15) is 67.9 Å². The van der Waals surface area contributed by atoms with Crippen molar-refractivity contribution in [2.45, 2.75) is 66.4 Å². The summed E-state index contributed by atoms with van der Waals surface area (Å²) in [4.78, 5) is 0. The van der Waals surface area contributed by atoms with Crippen LogP contribution in [0, 0.1) is 31.6 Å². The first-order valence-corrected chi connectivity index (χ1v) is 8.17. The number of nitrogens with two attached hydrogens (primary N) is 1. The predicted molar refractivity (Wildman–Crippen MR) is 89.3 cm³/mol. The highest BCUT2D eigenvalue weighted by atomic mass is 16.3. The van der Waals surface area contributed by atoms with E-state index in [0.29, 0.717) is 12.0 Å². The van der Waals surface area contributed by atoms with Crippen molar-refractivity contribution in [1.82, 2.24) is 0 Å². The zero-order valence-corrected chi connectivity index (χ0v) is 14.3. The molecule has 1 aromatic rings. The first kappa shape index (κ1) is 16.5. The van der Waals surface area contributed by atoms with Gasteiger partial charge in [-0.2, -0.15) is 0 Å². The fourth-order valence-electron chi connectivity index (χ4n) is 3.62. The van der Waals surface area contributed by atoms with Crippen LogP contribution in [0.5, 0.6) is 0 Å². The molecular weight excluding hydrogens is 258 g/mol. The maximum Gasteiger partial charge on any atom is 0.0860 e. The van der Waals surface area contributed by atoms with Gasteiger partial charge in [0, 0.05) is 12.0 Å². The van der Waals surface area contributed by atoms with Crippen molar-refractivity contribution in [3.05, 3.63) is 34.4 Å². The summed E-state index contributed by atoms with van der Waals surface area (Å²) in [6.45, 7) is 11.5. The highest BCUT2D eigenvalue weighted by molar-refractivity contribution is 5.38. The van der Waals surface area contributed by atoms with Crippen molar-refractivity contribution in [1.29, 1.82) is 0 Å². The second-order valence-corrected chi connectivity index (χ2v) is 7.93. The Labute approximate surface area is 129 Å². The van der Waals surface area contributed by atoms with Gasteiger partial charge in [0.2, 0.25) is 0 Å². The van der Waals surface area contributed by atoms with Crippen LogP contribution in [0.3, 0.4) is 0 Å². The molecule has 118 valence electrons. The predicted octanol–water partition coefficient (Wildman–Crippen LogP) is 4.19. The van der Waals surface area contributed by atoms with Gasteiger partial charge >= 0.3 is 0 Å². The Balaban J connectivity index is 2.33. The molecule has 0 radical (unpaired) electrons. The lowest BCUT2D eigenvalue weighted by atomic mass is 9.61. The van der Waals surface area contributed by atoms with E-state index >= 15 is 0 Å². The normalized spacial score (nSPS) is 22.0. The number of hydrogen-bond donors (Lipinski definition) is 2. The van der Waals surface area contributed by atoms with Gasteiger partial charge in [-0.25, -0.2) is 0 Å². The molecule has 1 aromatic carbocycles. The Hall–Kier alpha value is -0.860. The summed E-state index contributed by atoms with van der Waals surface area (Å²) in [7, 11) is 0. The van der Waals surface area contributed by atoms with Crippen LogP contribution >= 0.6 is 0 Å². The molecule has 0 spiro atoms. The van der Waals surface area contributed by atoms with Crippen molar-refractivity contribution in [3.63, 3.8) is 0 Å². The first-order valence-electron chi connectivity index (χ1n) is 8.17. The van der Waals surface area contributed by atoms with Crippen LogP contribution in [0.2, 0.25) is 0 Å². The maximum atomic E-state index is 11.1. The lowest BCUT2D eigenvalue weighted by molar-refractivity contribution is -0.0239. The standard InChI is InChI=1S/C19H31NO/c1-13-10-15(3)16(11-14(13)2)17(21)19(12-20)8-6-18(4,5)7-9-19/h10-11,17,21H,6-9,12,20H2,1-5H3. The Kier molecular flexibility index (Phi) is 4.51. The topological polar surface area (TPSA) is 46.2 Å². The van der Waals surface area contributed by atoms with Gasteiger partial charge in [-0.15, -0.1) is 0 Å². The molecule has 0 aliphatic heterocycles. The van der Waals surface area contributed by atoms with E-state index < -0.39 is 6.10 Å². The minimum atomic E-state index is -0.446. The van der Waals surface area contributed by atoms with Gasteiger partial charge in [0.15, 0.2) is 0 Å². The maximum absolute atomic E-state index is 11.1. The average molecular weight is 289 g/mol. The van der Waals surface area contributed by atoms with Crippen molar-refractivity contribution >= 4 is 0 Å². The Bertz CT molecular complexity index is 509. The fourth-order valence-corrected chi connectivity index (χ4v) is 3.62. The molecule has 1 unspecified atom stereocenters. The summed E-state index contributed by atoms with van der Waals surface area (Å²) in [5.41, 5.74) is 11.1. The molecule has 2 rings (SSSR count). The number of hydrogen-bond acceptors (Lipinski definition) is 2. The summed E-state index contributed by atoms with van der Waals surface area (Å²) < 4.78 is 0. The number of rotatable bonds is 3. The monoisotopic (exact) mass is 289 g/mol. The van der Waals surface area contributed by atoms with Gasteiger partial charge in [-0.05, 0) is 74.1 Å². The van der Waals surface area contributed by atoms with Gasteiger partial charge in [-0.3, -0.25) is 0 Å². The lowest BCUT2D eigenvalue weighted by Gasteiger charge is -2.46. The van der Waals surface area contributed by atoms with Crippen LogP contribution in [0.15, 0.2) is 12.1 Å². The molecule has 1 fully saturated rings. The van der Waals surface area contributed by atoms with E-state index in [1.807, 2.05) is 0 Å². The number of aliphatic hydroxyl groups excluding tert-OH is 1. The van der Waals surface area contributed by atoms with E-state index in [1.54, 1.807) is 0 Å². The number of aryl methyl sites for hydroxylation is 3. The van der Waals surface area contributed by atoms with E-state index in [0.717, 1.165) is 31.2 Å². The molecule has 0 aromatic heterocycles. The molecule has 21 heavy (non-hydrogen) atoms. The second-order valence-electron chi connectivity index (χ2n) is 7.93. The molecule has 0 bridgehead atoms. The summed E-state index contributed by atoms with van der Waals surface area (Å²) in [6.07, 6.45) is 3.88. The molecule has 1 atom stereocenters. The number of aliphatic hydroxyl groups is 1. The minimum absolute atomic E-state index is 0.151. The first-order chi connectivity index (χ1) is 9.71. The minimum Gasteiger partial charge on any atom is -0.388 e. The summed E-state index contributed by atoms with van der Waals surface area (Å²) in [6, 6.07) is 4.34. The lowest BCUT2D eigenvalue weighted by Crippen LogP contribution is -2.42. The van der Waals surface area contributed by atoms with Gasteiger partial charge in [0.1, 0.15) is 0 Å². The molecule has 3 N–H and O–H groups in total. The summed E-state index contributed by atoms with van der Waals surface area (Å²) >= 11 is 0. The zero-order valence-electron chi connectivity index (χ0n) is 14.3. The molecular formula is C19H31NO. The van der Waals surface area contributed by atoms with Gasteiger partial charge < -0.3 is 10.8 Å². The molecule has 0 amide bonds. The average Bonchev–Trinajstić information content (AvgIpc) is 2.43.